The molecule has 0 saturated carbocycles. The first-order chi connectivity index (χ1) is 9.06. The Hall–Kier alpha value is -2.69. The van der Waals surface area contributed by atoms with Crippen LogP contribution in [-0.2, 0) is 0 Å². The van der Waals surface area contributed by atoms with E-state index in [0.717, 1.165) is 5.56 Å². The molecule has 0 radical (unpaired) electrons. The Morgan fingerprint density at radius 3 is 2.32 bits per heavy atom. The first-order valence-electron chi connectivity index (χ1n) is 5.70. The maximum Gasteiger partial charge on any atom is 0.267 e. The Morgan fingerprint density at radius 2 is 1.79 bits per heavy atom. The number of nitrogens with zero attached hydrogens (tertiary/aromatic N) is 1. The van der Waals surface area contributed by atoms with Crippen molar-refractivity contribution in [1.82, 2.24) is 4.98 Å². The minimum absolute atomic E-state index is 0.131. The minimum atomic E-state index is -0.620. The molecule has 0 aliphatic carbocycles. The van der Waals surface area contributed by atoms with Gasteiger partial charge in [-0.05, 0) is 31.2 Å². The Kier molecular flexibility index (Phi) is 3.56. The zero-order chi connectivity index (χ0) is 13.8. The van der Waals surface area contributed by atoms with Gasteiger partial charge in [0, 0.05) is 11.9 Å². The predicted octanol–water partition coefficient (Wildman–Crippen LogP) is 1.74. The number of hydrogen-bond donors (Lipinski definition) is 2. The summed E-state index contributed by atoms with van der Waals surface area (Å²) < 4.78 is 0. The van der Waals surface area contributed by atoms with Gasteiger partial charge in [-0.2, -0.15) is 0 Å². The molecule has 2 amide bonds. The summed E-state index contributed by atoms with van der Waals surface area (Å²) in [7, 11) is 0. The zero-order valence-electron chi connectivity index (χ0n) is 10.4. The van der Waals surface area contributed by atoms with Crippen molar-refractivity contribution in [2.24, 2.45) is 5.73 Å². The summed E-state index contributed by atoms with van der Waals surface area (Å²) >= 11 is 0. The van der Waals surface area contributed by atoms with Crippen molar-refractivity contribution in [3.8, 4) is 0 Å². The van der Waals surface area contributed by atoms with E-state index in [2.05, 4.69) is 10.3 Å². The third kappa shape index (κ3) is 3.16. The Labute approximate surface area is 110 Å². The van der Waals surface area contributed by atoms with Crippen molar-refractivity contribution in [3.05, 3.63) is 59.4 Å². The first kappa shape index (κ1) is 12.8. The number of primary amides is 1. The van der Waals surface area contributed by atoms with Gasteiger partial charge in [0.1, 0.15) is 5.69 Å². The molecular formula is C14H13N3O2. The lowest BCUT2D eigenvalue weighted by atomic mass is 10.2. The molecule has 96 valence electrons. The number of pyridine rings is 1. The molecule has 0 aliphatic heterocycles. The smallest absolute Gasteiger partial charge is 0.267 e. The van der Waals surface area contributed by atoms with E-state index in [4.69, 9.17) is 5.73 Å². The van der Waals surface area contributed by atoms with Crippen LogP contribution in [0.4, 0.5) is 5.69 Å². The van der Waals surface area contributed by atoms with Crippen LogP contribution in [0.5, 0.6) is 0 Å². The van der Waals surface area contributed by atoms with Gasteiger partial charge in [-0.1, -0.05) is 17.7 Å². The summed E-state index contributed by atoms with van der Waals surface area (Å²) in [6.07, 6.45) is 1.32. The molecular weight excluding hydrogens is 242 g/mol. The minimum Gasteiger partial charge on any atom is -0.364 e. The summed E-state index contributed by atoms with van der Waals surface area (Å²) in [6.45, 7) is 1.97. The Balaban J connectivity index is 2.11. The fraction of sp³-hybridized carbons (Fsp3) is 0.0714. The third-order valence-electron chi connectivity index (χ3n) is 2.59. The number of nitrogens with two attached hydrogens (primary N) is 1. The average molecular weight is 255 g/mol. The molecule has 5 heteroatoms. The molecule has 1 aromatic carbocycles. The van der Waals surface area contributed by atoms with Crippen LogP contribution < -0.4 is 11.1 Å². The topological polar surface area (TPSA) is 85.1 Å². The molecule has 0 unspecified atom stereocenters. The van der Waals surface area contributed by atoms with Crippen LogP contribution >= 0.6 is 0 Å². The lowest BCUT2D eigenvalue weighted by Gasteiger charge is -2.05. The summed E-state index contributed by atoms with van der Waals surface area (Å²) in [5.41, 5.74) is 7.39. The highest BCUT2D eigenvalue weighted by Gasteiger charge is 2.08. The van der Waals surface area contributed by atoms with Gasteiger partial charge >= 0.3 is 0 Å². The number of anilines is 1. The molecule has 0 fully saturated rings. The second-order valence-corrected chi connectivity index (χ2v) is 4.12. The van der Waals surface area contributed by atoms with Crippen LogP contribution in [0.1, 0.15) is 26.4 Å². The summed E-state index contributed by atoms with van der Waals surface area (Å²) in [6, 6.07) is 10.4. The number of aryl methyl sites for hydroxylation is 1. The quantitative estimate of drug-likeness (QED) is 0.876. The van der Waals surface area contributed by atoms with E-state index in [1.165, 1.54) is 18.3 Å². The highest BCUT2D eigenvalue weighted by atomic mass is 16.2. The highest BCUT2D eigenvalue weighted by molar-refractivity contribution is 6.04. The fourth-order valence-corrected chi connectivity index (χ4v) is 1.51. The summed E-state index contributed by atoms with van der Waals surface area (Å²) in [4.78, 5) is 26.6. The lowest BCUT2D eigenvalue weighted by Crippen LogP contribution is -2.15. The van der Waals surface area contributed by atoms with Gasteiger partial charge in [0.15, 0.2) is 0 Å². The van der Waals surface area contributed by atoms with Gasteiger partial charge in [0.05, 0.1) is 5.56 Å². The van der Waals surface area contributed by atoms with Gasteiger partial charge in [-0.15, -0.1) is 0 Å². The van der Waals surface area contributed by atoms with Crippen molar-refractivity contribution in [2.75, 3.05) is 5.32 Å². The second kappa shape index (κ2) is 5.30. The highest BCUT2D eigenvalue weighted by Crippen LogP contribution is 2.10. The van der Waals surface area contributed by atoms with Crippen LogP contribution in [-0.4, -0.2) is 16.8 Å². The van der Waals surface area contributed by atoms with Crippen molar-refractivity contribution in [2.45, 2.75) is 6.92 Å². The normalized spacial score (nSPS) is 9.95. The molecule has 5 nitrogen and oxygen atoms in total. The molecule has 0 atom stereocenters. The number of rotatable bonds is 3. The van der Waals surface area contributed by atoms with E-state index in [1.54, 1.807) is 0 Å². The molecule has 19 heavy (non-hydrogen) atoms. The number of carbonyl (C=O) groups excluding carboxylic acids is 2. The number of aromatic nitrogens is 1. The molecule has 0 bridgehead atoms. The average Bonchev–Trinajstić information content (AvgIpc) is 2.41. The summed E-state index contributed by atoms with van der Waals surface area (Å²) in [5.74, 6) is -0.905. The number of hydrogen-bond acceptors (Lipinski definition) is 3. The largest absolute Gasteiger partial charge is 0.364 e. The third-order valence-corrected chi connectivity index (χ3v) is 2.59. The standard InChI is InChI=1S/C14H13N3O2/c1-9-2-5-11(6-3-9)17-14(19)10-4-7-12(13(15)18)16-8-10/h2-8H,1H3,(H2,15,18)(H,17,19). The number of amides is 2. The zero-order valence-corrected chi connectivity index (χ0v) is 10.4. The number of nitrogens with one attached hydrogen (secondary N) is 1. The Morgan fingerprint density at radius 1 is 1.11 bits per heavy atom. The lowest BCUT2D eigenvalue weighted by molar-refractivity contribution is 0.0990. The monoisotopic (exact) mass is 255 g/mol. The fourth-order valence-electron chi connectivity index (χ4n) is 1.51. The van der Waals surface area contributed by atoms with Crippen molar-refractivity contribution < 1.29 is 9.59 Å². The van der Waals surface area contributed by atoms with Gasteiger partial charge in [0.25, 0.3) is 11.8 Å². The van der Waals surface area contributed by atoms with Crippen LogP contribution in [0, 0.1) is 6.92 Å². The number of carbonyl (C=O) groups is 2. The van der Waals surface area contributed by atoms with Crippen molar-refractivity contribution >= 4 is 17.5 Å². The molecule has 1 heterocycles. The number of benzene rings is 1. The van der Waals surface area contributed by atoms with Crippen molar-refractivity contribution in [1.29, 1.82) is 0 Å². The van der Waals surface area contributed by atoms with E-state index in [-0.39, 0.29) is 11.6 Å². The van der Waals surface area contributed by atoms with Crippen LogP contribution in [0.3, 0.4) is 0 Å². The van der Waals surface area contributed by atoms with E-state index in [0.29, 0.717) is 11.3 Å². The predicted molar refractivity (Wildman–Crippen MR) is 71.9 cm³/mol. The maximum atomic E-state index is 11.9. The maximum absolute atomic E-state index is 11.9. The van der Waals surface area contributed by atoms with Crippen LogP contribution in [0.25, 0.3) is 0 Å². The molecule has 0 aliphatic rings. The van der Waals surface area contributed by atoms with E-state index >= 15 is 0 Å². The first-order valence-corrected chi connectivity index (χ1v) is 5.70. The van der Waals surface area contributed by atoms with Gasteiger partial charge in [0.2, 0.25) is 0 Å². The molecule has 3 N–H and O–H groups in total. The molecule has 2 aromatic rings. The second-order valence-electron chi connectivity index (χ2n) is 4.12. The van der Waals surface area contributed by atoms with Crippen LogP contribution in [0.15, 0.2) is 42.6 Å². The van der Waals surface area contributed by atoms with Crippen molar-refractivity contribution in [3.63, 3.8) is 0 Å². The van der Waals surface area contributed by atoms with Gasteiger partial charge < -0.3 is 11.1 Å². The van der Waals surface area contributed by atoms with E-state index < -0.39 is 5.91 Å². The SMILES string of the molecule is Cc1ccc(NC(=O)c2ccc(C(N)=O)nc2)cc1. The molecule has 1 aromatic heterocycles. The molecule has 0 saturated heterocycles. The van der Waals surface area contributed by atoms with Gasteiger partial charge in [-0.3, -0.25) is 14.6 Å². The van der Waals surface area contributed by atoms with Crippen LogP contribution in [0.2, 0.25) is 0 Å². The van der Waals surface area contributed by atoms with Gasteiger partial charge in [-0.25, -0.2) is 0 Å². The Bertz CT molecular complexity index is 604. The molecule has 2 rings (SSSR count). The summed E-state index contributed by atoms with van der Waals surface area (Å²) in [5, 5.41) is 2.74. The molecule has 0 spiro atoms. The van der Waals surface area contributed by atoms with E-state index in [9.17, 15) is 9.59 Å². The van der Waals surface area contributed by atoms with E-state index in [1.807, 2.05) is 31.2 Å².